The summed E-state index contributed by atoms with van der Waals surface area (Å²) in [6.45, 7) is 3.15. The van der Waals surface area contributed by atoms with Gasteiger partial charge in [0, 0.05) is 18.8 Å². The van der Waals surface area contributed by atoms with Crippen molar-refractivity contribution in [2.45, 2.75) is 0 Å². The van der Waals surface area contributed by atoms with Crippen LogP contribution in [0.1, 0.15) is 10.4 Å². The molecule has 2 rings (SSSR count). The van der Waals surface area contributed by atoms with Crippen molar-refractivity contribution in [1.29, 1.82) is 0 Å². The average Bonchev–Trinajstić information content (AvgIpc) is 2.39. The molecule has 0 spiro atoms. The number of anilines is 1. The predicted octanol–water partition coefficient (Wildman–Crippen LogP) is 1.15. The number of rotatable bonds is 2. The normalized spacial score (nSPS) is 15.9. The minimum atomic E-state index is -0.742. The maximum absolute atomic E-state index is 11.0. The summed E-state index contributed by atoms with van der Waals surface area (Å²) in [7, 11) is 0. The molecule has 1 aromatic carbocycles. The number of morpholine rings is 1. The lowest BCUT2D eigenvalue weighted by Gasteiger charge is -2.28. The lowest BCUT2D eigenvalue weighted by Crippen LogP contribution is -2.36. The highest BCUT2D eigenvalue weighted by molar-refractivity contribution is 5.89. The van der Waals surface area contributed by atoms with Gasteiger partial charge in [0.1, 0.15) is 0 Å². The second-order valence-corrected chi connectivity index (χ2v) is 3.53. The van der Waals surface area contributed by atoms with Gasteiger partial charge in [0.05, 0.1) is 18.8 Å². The first kappa shape index (κ1) is 10.9. The van der Waals surface area contributed by atoms with Gasteiger partial charge < -0.3 is 9.64 Å². The Hall–Kier alpha value is -1.59. The number of benzene rings is 1. The lowest BCUT2D eigenvalue weighted by molar-refractivity contribution is -0.182. The van der Waals surface area contributed by atoms with Crippen LogP contribution in [0.2, 0.25) is 0 Å². The molecule has 1 heterocycles. The van der Waals surface area contributed by atoms with Crippen molar-refractivity contribution in [2.24, 2.45) is 0 Å². The van der Waals surface area contributed by atoms with Gasteiger partial charge >= 0.3 is 5.97 Å². The van der Waals surface area contributed by atoms with E-state index in [4.69, 9.17) is 9.99 Å². The van der Waals surface area contributed by atoms with Gasteiger partial charge in [0.15, 0.2) is 0 Å². The van der Waals surface area contributed by atoms with E-state index in [2.05, 4.69) is 9.79 Å². The molecule has 1 aliphatic rings. The van der Waals surface area contributed by atoms with Crippen molar-refractivity contribution in [1.82, 2.24) is 0 Å². The molecule has 0 atom stereocenters. The lowest BCUT2D eigenvalue weighted by atomic mass is 10.2. The molecule has 0 radical (unpaired) electrons. The van der Waals surface area contributed by atoms with Crippen LogP contribution in [0.3, 0.4) is 0 Å². The van der Waals surface area contributed by atoms with Crippen LogP contribution in [-0.4, -0.2) is 37.5 Å². The molecule has 86 valence electrons. The highest BCUT2D eigenvalue weighted by Crippen LogP contribution is 2.16. The molecule has 0 unspecified atom stereocenters. The molecule has 1 fully saturated rings. The fourth-order valence-electron chi connectivity index (χ4n) is 1.68. The van der Waals surface area contributed by atoms with Crippen LogP contribution in [0.5, 0.6) is 0 Å². The second kappa shape index (κ2) is 4.96. The Kier molecular flexibility index (Phi) is 3.38. The van der Waals surface area contributed by atoms with Gasteiger partial charge in [-0.15, -0.1) is 0 Å². The molecule has 16 heavy (non-hydrogen) atoms. The Morgan fingerprint density at radius 2 is 1.88 bits per heavy atom. The fraction of sp³-hybridized carbons (Fsp3) is 0.364. The van der Waals surface area contributed by atoms with E-state index in [1.165, 1.54) is 0 Å². The molecule has 5 heteroatoms. The molecular formula is C11H13NO4. The van der Waals surface area contributed by atoms with E-state index in [1.807, 2.05) is 12.1 Å². The number of carbonyl (C=O) groups is 1. The molecule has 0 bridgehead atoms. The first-order chi connectivity index (χ1) is 7.81. The number of hydrogen-bond acceptors (Lipinski definition) is 5. The summed E-state index contributed by atoms with van der Waals surface area (Å²) in [6.07, 6.45) is 0. The van der Waals surface area contributed by atoms with E-state index in [1.54, 1.807) is 12.1 Å². The van der Waals surface area contributed by atoms with Crippen LogP contribution in [0, 0.1) is 0 Å². The van der Waals surface area contributed by atoms with Crippen LogP contribution in [0.25, 0.3) is 0 Å². The van der Waals surface area contributed by atoms with Crippen LogP contribution in [0.15, 0.2) is 24.3 Å². The minimum absolute atomic E-state index is 0.333. The zero-order chi connectivity index (χ0) is 11.4. The Morgan fingerprint density at radius 3 is 2.44 bits per heavy atom. The Bertz CT molecular complexity index is 357. The van der Waals surface area contributed by atoms with Gasteiger partial charge in [-0.3, -0.25) is 4.89 Å². The van der Waals surface area contributed by atoms with E-state index in [0.29, 0.717) is 5.56 Å². The first-order valence-corrected chi connectivity index (χ1v) is 5.10. The zero-order valence-electron chi connectivity index (χ0n) is 8.76. The van der Waals surface area contributed by atoms with Crippen molar-refractivity contribution < 1.29 is 19.7 Å². The standard InChI is InChI=1S/C11H13NO4/c13-11(16-14)9-1-3-10(4-2-9)12-5-7-15-8-6-12/h1-4,14H,5-8H2. The summed E-state index contributed by atoms with van der Waals surface area (Å²) < 4.78 is 5.25. The average molecular weight is 223 g/mol. The first-order valence-electron chi connectivity index (χ1n) is 5.10. The number of ether oxygens (including phenoxy) is 1. The van der Waals surface area contributed by atoms with E-state index < -0.39 is 5.97 Å². The van der Waals surface area contributed by atoms with Gasteiger partial charge in [0.2, 0.25) is 0 Å². The van der Waals surface area contributed by atoms with E-state index in [-0.39, 0.29) is 0 Å². The summed E-state index contributed by atoms with van der Waals surface area (Å²) in [5.41, 5.74) is 1.37. The molecule has 1 aromatic rings. The number of nitrogens with zero attached hydrogens (tertiary/aromatic N) is 1. The minimum Gasteiger partial charge on any atom is -0.378 e. The summed E-state index contributed by atoms with van der Waals surface area (Å²) >= 11 is 0. The number of carbonyl (C=O) groups excluding carboxylic acids is 1. The van der Waals surface area contributed by atoms with Crippen LogP contribution in [-0.2, 0) is 9.62 Å². The third-order valence-electron chi connectivity index (χ3n) is 2.56. The molecule has 0 saturated carbocycles. The number of hydrogen-bond donors (Lipinski definition) is 1. The van der Waals surface area contributed by atoms with Gasteiger partial charge in [-0.05, 0) is 24.3 Å². The quantitative estimate of drug-likeness (QED) is 0.602. The predicted molar refractivity (Wildman–Crippen MR) is 57.5 cm³/mol. The highest BCUT2D eigenvalue weighted by Gasteiger charge is 2.12. The molecule has 1 saturated heterocycles. The topological polar surface area (TPSA) is 59.0 Å². The molecule has 0 aromatic heterocycles. The van der Waals surface area contributed by atoms with E-state index in [0.717, 1.165) is 32.0 Å². The summed E-state index contributed by atoms with van der Waals surface area (Å²) in [5, 5.41) is 8.23. The van der Waals surface area contributed by atoms with Crippen LogP contribution >= 0.6 is 0 Å². The Balaban J connectivity index is 2.09. The molecule has 1 aliphatic heterocycles. The van der Waals surface area contributed by atoms with E-state index >= 15 is 0 Å². The van der Waals surface area contributed by atoms with Crippen LogP contribution in [0.4, 0.5) is 5.69 Å². The van der Waals surface area contributed by atoms with Crippen LogP contribution < -0.4 is 4.90 Å². The maximum Gasteiger partial charge on any atom is 0.372 e. The second-order valence-electron chi connectivity index (χ2n) is 3.53. The maximum atomic E-state index is 11.0. The van der Waals surface area contributed by atoms with Crippen molar-refractivity contribution in [2.75, 3.05) is 31.2 Å². The summed E-state index contributed by atoms with van der Waals surface area (Å²) in [5.74, 6) is -0.742. The smallest absolute Gasteiger partial charge is 0.372 e. The zero-order valence-corrected chi connectivity index (χ0v) is 8.76. The van der Waals surface area contributed by atoms with Gasteiger partial charge in [-0.1, -0.05) is 0 Å². The molecule has 0 amide bonds. The highest BCUT2D eigenvalue weighted by atomic mass is 17.1. The van der Waals surface area contributed by atoms with Gasteiger partial charge in [-0.25, -0.2) is 4.79 Å². The van der Waals surface area contributed by atoms with Crippen molar-refractivity contribution in [3.8, 4) is 0 Å². The van der Waals surface area contributed by atoms with Crippen molar-refractivity contribution in [3.05, 3.63) is 29.8 Å². The molecular weight excluding hydrogens is 210 g/mol. The molecule has 1 N–H and O–H groups in total. The third-order valence-corrected chi connectivity index (χ3v) is 2.56. The van der Waals surface area contributed by atoms with Crippen molar-refractivity contribution in [3.63, 3.8) is 0 Å². The summed E-state index contributed by atoms with van der Waals surface area (Å²) in [4.78, 5) is 16.8. The molecule has 0 aliphatic carbocycles. The van der Waals surface area contributed by atoms with Gasteiger partial charge in [-0.2, -0.15) is 5.26 Å². The SMILES string of the molecule is O=C(OO)c1ccc(N2CCOCC2)cc1. The summed E-state index contributed by atoms with van der Waals surface area (Å²) in [6, 6.07) is 6.92. The third kappa shape index (κ3) is 2.32. The molecule has 5 nitrogen and oxygen atoms in total. The van der Waals surface area contributed by atoms with Gasteiger partial charge in [0.25, 0.3) is 0 Å². The fourth-order valence-corrected chi connectivity index (χ4v) is 1.68. The Labute approximate surface area is 93.1 Å². The Morgan fingerprint density at radius 1 is 1.25 bits per heavy atom. The van der Waals surface area contributed by atoms with Crippen molar-refractivity contribution >= 4 is 11.7 Å². The van der Waals surface area contributed by atoms with E-state index in [9.17, 15) is 4.79 Å². The monoisotopic (exact) mass is 223 g/mol. The largest absolute Gasteiger partial charge is 0.378 e.